The molecular formula is C22H29N3O4. The fourth-order valence-electron chi connectivity index (χ4n) is 4.91. The van der Waals surface area contributed by atoms with E-state index in [1.54, 1.807) is 36.3 Å². The average molecular weight is 399 g/mol. The van der Waals surface area contributed by atoms with Gasteiger partial charge in [0.05, 0.1) is 7.11 Å². The van der Waals surface area contributed by atoms with Gasteiger partial charge in [0.2, 0.25) is 11.8 Å². The molecule has 2 heterocycles. The lowest BCUT2D eigenvalue weighted by Crippen LogP contribution is -2.61. The molecule has 0 spiro atoms. The molecule has 0 aromatic heterocycles. The lowest BCUT2D eigenvalue weighted by atomic mass is 9.84. The summed E-state index contributed by atoms with van der Waals surface area (Å²) in [7, 11) is 1.56. The van der Waals surface area contributed by atoms with Crippen LogP contribution in [0.15, 0.2) is 24.3 Å². The lowest BCUT2D eigenvalue weighted by molar-refractivity contribution is -0.147. The molecule has 0 unspecified atom stereocenters. The van der Waals surface area contributed by atoms with Gasteiger partial charge in [-0.3, -0.25) is 14.4 Å². The van der Waals surface area contributed by atoms with E-state index in [0.717, 1.165) is 19.3 Å². The minimum absolute atomic E-state index is 0.00157. The fraction of sp³-hybridized carbons (Fsp3) is 0.591. The fourth-order valence-corrected chi connectivity index (χ4v) is 4.91. The van der Waals surface area contributed by atoms with Crippen molar-refractivity contribution in [2.45, 2.75) is 63.1 Å². The van der Waals surface area contributed by atoms with Crippen LogP contribution in [0.4, 0.5) is 0 Å². The summed E-state index contributed by atoms with van der Waals surface area (Å²) >= 11 is 0. The van der Waals surface area contributed by atoms with Gasteiger partial charge in [0.15, 0.2) is 0 Å². The normalized spacial score (nSPS) is 27.3. The van der Waals surface area contributed by atoms with Crippen LogP contribution in [-0.4, -0.2) is 54.4 Å². The number of carbonyl (C=O) groups excluding carboxylic acids is 3. The SMILES string of the molecule is COc1cccc(C(=O)N[C@H]2C[C@H]3C(=O)N[C@@H](CC4CCCCC4)C(=O)N3C2)c1. The van der Waals surface area contributed by atoms with Crippen molar-refractivity contribution >= 4 is 17.7 Å². The Labute approximate surface area is 171 Å². The van der Waals surface area contributed by atoms with Gasteiger partial charge in [-0.15, -0.1) is 0 Å². The number of piperazine rings is 1. The van der Waals surface area contributed by atoms with Crippen LogP contribution in [0.5, 0.6) is 5.75 Å². The number of rotatable bonds is 5. The summed E-state index contributed by atoms with van der Waals surface area (Å²) in [5.74, 6) is 0.810. The summed E-state index contributed by atoms with van der Waals surface area (Å²) in [6, 6.07) is 5.80. The van der Waals surface area contributed by atoms with Gasteiger partial charge < -0.3 is 20.3 Å². The highest BCUT2D eigenvalue weighted by Gasteiger charge is 2.47. The van der Waals surface area contributed by atoms with Gasteiger partial charge in [0.25, 0.3) is 5.91 Å². The van der Waals surface area contributed by atoms with Gasteiger partial charge in [-0.05, 0) is 37.0 Å². The summed E-state index contributed by atoms with van der Waals surface area (Å²) in [6.45, 7) is 0.383. The summed E-state index contributed by atoms with van der Waals surface area (Å²) < 4.78 is 5.17. The van der Waals surface area contributed by atoms with Crippen LogP contribution in [-0.2, 0) is 9.59 Å². The number of methoxy groups -OCH3 is 1. The molecule has 2 saturated heterocycles. The number of nitrogens with one attached hydrogen (secondary N) is 2. The molecule has 3 fully saturated rings. The maximum atomic E-state index is 13.0. The Kier molecular flexibility index (Phi) is 5.74. The lowest BCUT2D eigenvalue weighted by Gasteiger charge is -2.36. The van der Waals surface area contributed by atoms with Crippen molar-refractivity contribution in [3.63, 3.8) is 0 Å². The summed E-state index contributed by atoms with van der Waals surface area (Å²) in [5.41, 5.74) is 0.500. The van der Waals surface area contributed by atoms with Gasteiger partial charge in [-0.1, -0.05) is 38.2 Å². The third-order valence-corrected chi connectivity index (χ3v) is 6.46. The Morgan fingerprint density at radius 1 is 1.24 bits per heavy atom. The number of amides is 3. The molecule has 3 amide bonds. The first-order chi connectivity index (χ1) is 14.0. The van der Waals surface area contributed by atoms with Crippen LogP contribution in [0.2, 0.25) is 0 Å². The smallest absolute Gasteiger partial charge is 0.251 e. The Hall–Kier alpha value is -2.57. The second-order valence-electron chi connectivity index (χ2n) is 8.45. The molecule has 156 valence electrons. The van der Waals surface area contributed by atoms with Crippen molar-refractivity contribution in [1.82, 2.24) is 15.5 Å². The van der Waals surface area contributed by atoms with Gasteiger partial charge >= 0.3 is 0 Å². The predicted molar refractivity (Wildman–Crippen MR) is 107 cm³/mol. The van der Waals surface area contributed by atoms with Gasteiger partial charge in [0.1, 0.15) is 17.8 Å². The number of carbonyl (C=O) groups is 3. The van der Waals surface area contributed by atoms with Crippen LogP contribution in [0.1, 0.15) is 55.3 Å². The molecule has 1 aliphatic carbocycles. The predicted octanol–water partition coefficient (Wildman–Crippen LogP) is 1.86. The Morgan fingerprint density at radius 3 is 2.79 bits per heavy atom. The number of ether oxygens (including phenoxy) is 1. The van der Waals surface area contributed by atoms with E-state index in [4.69, 9.17) is 4.74 Å². The molecule has 0 radical (unpaired) electrons. The summed E-state index contributed by atoms with van der Waals surface area (Å²) in [6.07, 6.45) is 7.15. The zero-order valence-electron chi connectivity index (χ0n) is 16.9. The van der Waals surface area contributed by atoms with Crippen molar-refractivity contribution in [2.24, 2.45) is 5.92 Å². The van der Waals surface area contributed by atoms with E-state index in [1.165, 1.54) is 19.3 Å². The van der Waals surface area contributed by atoms with Crippen molar-refractivity contribution in [2.75, 3.05) is 13.7 Å². The minimum atomic E-state index is -0.485. The highest BCUT2D eigenvalue weighted by Crippen LogP contribution is 2.30. The Bertz CT molecular complexity index is 790. The highest BCUT2D eigenvalue weighted by atomic mass is 16.5. The summed E-state index contributed by atoms with van der Waals surface area (Å²) in [4.78, 5) is 39.9. The first-order valence-corrected chi connectivity index (χ1v) is 10.6. The van der Waals surface area contributed by atoms with Crippen LogP contribution in [0.25, 0.3) is 0 Å². The van der Waals surface area contributed by atoms with Crippen LogP contribution < -0.4 is 15.4 Å². The molecular weight excluding hydrogens is 370 g/mol. The maximum absolute atomic E-state index is 13.0. The van der Waals surface area contributed by atoms with Crippen molar-refractivity contribution in [1.29, 1.82) is 0 Å². The van der Waals surface area contributed by atoms with Crippen molar-refractivity contribution in [3.8, 4) is 5.75 Å². The zero-order chi connectivity index (χ0) is 20.4. The zero-order valence-corrected chi connectivity index (χ0v) is 16.9. The molecule has 2 aliphatic heterocycles. The molecule has 7 heteroatoms. The standard InChI is InChI=1S/C22H29N3O4/c1-29-17-9-5-8-15(11-17)20(26)23-16-12-19-21(27)24-18(22(28)25(19)13-16)10-14-6-3-2-4-7-14/h5,8-9,11,14,16,18-19H,2-4,6-7,10,12-13H2,1H3,(H,23,26)(H,24,27)/t16-,18-,19-/m0/s1. The average Bonchev–Trinajstić information content (AvgIpc) is 3.17. The van der Waals surface area contributed by atoms with E-state index in [9.17, 15) is 14.4 Å². The van der Waals surface area contributed by atoms with Crippen molar-refractivity contribution < 1.29 is 19.1 Å². The molecule has 29 heavy (non-hydrogen) atoms. The van der Waals surface area contributed by atoms with E-state index in [0.29, 0.717) is 30.2 Å². The van der Waals surface area contributed by atoms with Crippen LogP contribution in [0.3, 0.4) is 0 Å². The first-order valence-electron chi connectivity index (χ1n) is 10.6. The summed E-state index contributed by atoms with van der Waals surface area (Å²) in [5, 5.41) is 5.92. The van der Waals surface area contributed by atoms with Crippen LogP contribution >= 0.6 is 0 Å². The van der Waals surface area contributed by atoms with E-state index in [1.807, 2.05) is 0 Å². The van der Waals surface area contributed by atoms with E-state index < -0.39 is 12.1 Å². The number of hydrogen-bond acceptors (Lipinski definition) is 4. The number of fused-ring (bicyclic) bond motifs is 1. The molecule has 2 N–H and O–H groups in total. The maximum Gasteiger partial charge on any atom is 0.251 e. The minimum Gasteiger partial charge on any atom is -0.497 e. The highest BCUT2D eigenvalue weighted by molar-refractivity contribution is 5.98. The second-order valence-corrected chi connectivity index (χ2v) is 8.45. The second kappa shape index (κ2) is 8.43. The Balaban J connectivity index is 1.38. The van der Waals surface area contributed by atoms with Gasteiger partial charge in [-0.25, -0.2) is 0 Å². The van der Waals surface area contributed by atoms with E-state index in [2.05, 4.69) is 10.6 Å². The Morgan fingerprint density at radius 2 is 2.03 bits per heavy atom. The molecule has 3 atom stereocenters. The quantitative estimate of drug-likeness (QED) is 0.791. The number of hydrogen-bond donors (Lipinski definition) is 2. The molecule has 1 aromatic rings. The largest absolute Gasteiger partial charge is 0.497 e. The van der Waals surface area contributed by atoms with Crippen LogP contribution in [0, 0.1) is 5.92 Å². The molecule has 3 aliphatic rings. The van der Waals surface area contributed by atoms with E-state index >= 15 is 0 Å². The number of nitrogens with zero attached hydrogens (tertiary/aromatic N) is 1. The molecule has 7 nitrogen and oxygen atoms in total. The monoisotopic (exact) mass is 399 g/mol. The number of benzene rings is 1. The third kappa shape index (κ3) is 4.23. The molecule has 1 saturated carbocycles. The molecule has 4 rings (SSSR count). The van der Waals surface area contributed by atoms with E-state index in [-0.39, 0.29) is 23.8 Å². The van der Waals surface area contributed by atoms with Gasteiger partial charge in [-0.2, -0.15) is 0 Å². The first kappa shape index (κ1) is 19.7. The topological polar surface area (TPSA) is 87.7 Å². The third-order valence-electron chi connectivity index (χ3n) is 6.46. The van der Waals surface area contributed by atoms with Crippen molar-refractivity contribution in [3.05, 3.63) is 29.8 Å². The van der Waals surface area contributed by atoms with Gasteiger partial charge in [0, 0.05) is 18.2 Å². The molecule has 0 bridgehead atoms. The molecule has 1 aromatic carbocycles.